The number of aromatic nitrogens is 1. The van der Waals surface area contributed by atoms with Gasteiger partial charge in [0, 0.05) is 18.7 Å². The molecule has 136 valence electrons. The Bertz CT molecular complexity index is 1020. The molecule has 0 saturated heterocycles. The van der Waals surface area contributed by atoms with Crippen molar-refractivity contribution in [1.29, 1.82) is 0 Å². The van der Waals surface area contributed by atoms with Crippen LogP contribution in [0.15, 0.2) is 41.4 Å². The summed E-state index contributed by atoms with van der Waals surface area (Å²) in [5.41, 5.74) is 3.15. The summed E-state index contributed by atoms with van der Waals surface area (Å²) < 4.78 is 13.7. The van der Waals surface area contributed by atoms with Gasteiger partial charge in [0.25, 0.3) is 5.91 Å². The van der Waals surface area contributed by atoms with Gasteiger partial charge in [-0.15, -0.1) is 0 Å². The van der Waals surface area contributed by atoms with Crippen molar-refractivity contribution in [2.45, 2.75) is 19.8 Å². The van der Waals surface area contributed by atoms with Crippen molar-refractivity contribution in [3.8, 4) is 11.5 Å². The van der Waals surface area contributed by atoms with Crippen LogP contribution in [0.2, 0.25) is 0 Å². The minimum absolute atomic E-state index is 0.182. The Labute approximate surface area is 156 Å². The van der Waals surface area contributed by atoms with Crippen molar-refractivity contribution in [1.82, 2.24) is 4.57 Å². The first-order valence-electron chi connectivity index (χ1n) is 8.42. The second kappa shape index (κ2) is 7.74. The van der Waals surface area contributed by atoms with Crippen molar-refractivity contribution in [3.63, 3.8) is 0 Å². The van der Waals surface area contributed by atoms with Gasteiger partial charge in [0.2, 0.25) is 0 Å². The standard InChI is InChI=1S/C20H22N2O3S/c1-5-13-6-9-16-18(10-13)26-20(22(16)2)21-19(23)11-14-7-8-15(24-3)12-17(14)25-4/h6-10,12H,5,11H2,1-4H3. The van der Waals surface area contributed by atoms with Crippen LogP contribution in [0.5, 0.6) is 11.5 Å². The number of thiazole rings is 1. The number of methoxy groups -OCH3 is 2. The molecule has 2 aromatic carbocycles. The Morgan fingerprint density at radius 3 is 2.65 bits per heavy atom. The molecule has 0 N–H and O–H groups in total. The summed E-state index contributed by atoms with van der Waals surface area (Å²) in [6.45, 7) is 2.13. The lowest BCUT2D eigenvalue weighted by Crippen LogP contribution is -2.14. The maximum absolute atomic E-state index is 12.5. The van der Waals surface area contributed by atoms with Gasteiger partial charge < -0.3 is 14.0 Å². The molecule has 6 heteroatoms. The van der Waals surface area contributed by atoms with Gasteiger partial charge in [0.05, 0.1) is 30.9 Å². The molecular formula is C20H22N2O3S. The first kappa shape index (κ1) is 18.2. The lowest BCUT2D eigenvalue weighted by Gasteiger charge is -2.08. The third kappa shape index (κ3) is 3.65. The van der Waals surface area contributed by atoms with Gasteiger partial charge in [-0.3, -0.25) is 4.79 Å². The summed E-state index contributed by atoms with van der Waals surface area (Å²) in [5, 5.41) is 0. The van der Waals surface area contributed by atoms with Crippen LogP contribution in [0.1, 0.15) is 18.1 Å². The maximum Gasteiger partial charge on any atom is 0.252 e. The molecule has 0 aliphatic heterocycles. The highest BCUT2D eigenvalue weighted by Crippen LogP contribution is 2.25. The first-order valence-corrected chi connectivity index (χ1v) is 9.24. The van der Waals surface area contributed by atoms with Crippen LogP contribution in [-0.4, -0.2) is 24.7 Å². The molecule has 0 aliphatic rings. The van der Waals surface area contributed by atoms with Crippen LogP contribution in [0, 0.1) is 0 Å². The lowest BCUT2D eigenvalue weighted by atomic mass is 10.1. The van der Waals surface area contributed by atoms with Crippen molar-refractivity contribution < 1.29 is 14.3 Å². The molecule has 1 amide bonds. The Balaban J connectivity index is 1.92. The third-order valence-electron chi connectivity index (χ3n) is 4.34. The molecule has 3 aromatic rings. The summed E-state index contributed by atoms with van der Waals surface area (Å²) in [4.78, 5) is 17.5. The molecule has 0 unspecified atom stereocenters. The van der Waals surface area contributed by atoms with E-state index in [0.29, 0.717) is 16.3 Å². The first-order chi connectivity index (χ1) is 12.5. The summed E-state index contributed by atoms with van der Waals surface area (Å²) in [6.07, 6.45) is 1.17. The van der Waals surface area contributed by atoms with E-state index in [4.69, 9.17) is 9.47 Å². The number of rotatable bonds is 5. The summed E-state index contributed by atoms with van der Waals surface area (Å²) in [7, 11) is 5.11. The van der Waals surface area contributed by atoms with Gasteiger partial charge in [-0.25, -0.2) is 0 Å². The molecular weight excluding hydrogens is 348 g/mol. The Morgan fingerprint density at radius 2 is 1.96 bits per heavy atom. The van der Waals surface area contributed by atoms with Crippen LogP contribution in [0.4, 0.5) is 0 Å². The van der Waals surface area contributed by atoms with Crippen molar-refractivity contribution in [2.24, 2.45) is 12.0 Å². The number of carbonyl (C=O) groups is 1. The van der Waals surface area contributed by atoms with E-state index in [1.807, 2.05) is 23.7 Å². The predicted octanol–water partition coefficient (Wildman–Crippen LogP) is 3.49. The van der Waals surface area contributed by atoms with E-state index in [2.05, 4.69) is 30.1 Å². The van der Waals surface area contributed by atoms with Gasteiger partial charge in [-0.2, -0.15) is 4.99 Å². The number of fused-ring (bicyclic) bond motifs is 1. The molecule has 0 bridgehead atoms. The SMILES string of the molecule is CCc1ccc2c(c1)sc(=NC(=O)Cc1ccc(OC)cc1OC)n2C. The van der Waals surface area contributed by atoms with Crippen LogP contribution < -0.4 is 14.3 Å². The average molecular weight is 370 g/mol. The minimum atomic E-state index is -0.202. The molecule has 1 aromatic heterocycles. The van der Waals surface area contributed by atoms with Crippen LogP contribution in [0.25, 0.3) is 10.2 Å². The topological polar surface area (TPSA) is 52.8 Å². The summed E-state index contributed by atoms with van der Waals surface area (Å²) in [5.74, 6) is 1.12. The largest absolute Gasteiger partial charge is 0.497 e. The predicted molar refractivity (Wildman–Crippen MR) is 104 cm³/mol. The molecule has 1 heterocycles. The highest BCUT2D eigenvalue weighted by molar-refractivity contribution is 7.16. The highest BCUT2D eigenvalue weighted by Gasteiger charge is 2.11. The van der Waals surface area contributed by atoms with Crippen LogP contribution >= 0.6 is 11.3 Å². The number of ether oxygens (including phenoxy) is 2. The zero-order valence-corrected chi connectivity index (χ0v) is 16.2. The van der Waals surface area contributed by atoms with E-state index in [0.717, 1.165) is 22.2 Å². The number of carbonyl (C=O) groups excluding carboxylic acids is 1. The van der Waals surface area contributed by atoms with E-state index in [9.17, 15) is 4.79 Å². The molecule has 0 atom stereocenters. The molecule has 0 radical (unpaired) electrons. The molecule has 3 rings (SSSR count). The van der Waals surface area contributed by atoms with Crippen LogP contribution in [0.3, 0.4) is 0 Å². The zero-order chi connectivity index (χ0) is 18.7. The monoisotopic (exact) mass is 370 g/mol. The van der Waals surface area contributed by atoms with Gasteiger partial charge in [-0.05, 0) is 30.2 Å². The van der Waals surface area contributed by atoms with Gasteiger partial charge >= 0.3 is 0 Å². The molecule has 0 saturated carbocycles. The number of amides is 1. The average Bonchev–Trinajstić information content (AvgIpc) is 2.96. The fourth-order valence-corrected chi connectivity index (χ4v) is 3.91. The van der Waals surface area contributed by atoms with E-state index in [1.54, 1.807) is 20.3 Å². The summed E-state index contributed by atoms with van der Waals surface area (Å²) in [6, 6.07) is 11.8. The van der Waals surface area contributed by atoms with E-state index in [-0.39, 0.29) is 12.3 Å². The third-order valence-corrected chi connectivity index (χ3v) is 5.43. The van der Waals surface area contributed by atoms with Gasteiger partial charge in [-0.1, -0.05) is 30.4 Å². The highest BCUT2D eigenvalue weighted by atomic mass is 32.1. The molecule has 0 aliphatic carbocycles. The Hall–Kier alpha value is -2.60. The Kier molecular flexibility index (Phi) is 5.42. The number of hydrogen-bond acceptors (Lipinski definition) is 4. The van der Waals surface area contributed by atoms with Crippen molar-refractivity contribution >= 4 is 27.5 Å². The number of hydrogen-bond donors (Lipinski definition) is 0. The fourth-order valence-electron chi connectivity index (χ4n) is 2.81. The number of nitrogens with zero attached hydrogens (tertiary/aromatic N) is 2. The van der Waals surface area contributed by atoms with E-state index >= 15 is 0 Å². The number of aryl methyl sites for hydroxylation is 2. The smallest absolute Gasteiger partial charge is 0.252 e. The minimum Gasteiger partial charge on any atom is -0.497 e. The second-order valence-corrected chi connectivity index (χ2v) is 6.97. The summed E-state index contributed by atoms with van der Waals surface area (Å²) >= 11 is 1.53. The zero-order valence-electron chi connectivity index (χ0n) is 15.4. The molecule has 0 fully saturated rings. The maximum atomic E-state index is 12.5. The molecule has 5 nitrogen and oxygen atoms in total. The van der Waals surface area contributed by atoms with Crippen molar-refractivity contribution in [3.05, 3.63) is 52.3 Å². The van der Waals surface area contributed by atoms with Crippen LogP contribution in [-0.2, 0) is 24.7 Å². The Morgan fingerprint density at radius 1 is 1.15 bits per heavy atom. The van der Waals surface area contributed by atoms with E-state index < -0.39 is 0 Å². The van der Waals surface area contributed by atoms with Gasteiger partial charge in [0.1, 0.15) is 11.5 Å². The quantitative estimate of drug-likeness (QED) is 0.691. The lowest BCUT2D eigenvalue weighted by molar-refractivity contribution is -0.117. The second-order valence-electron chi connectivity index (χ2n) is 5.96. The van der Waals surface area contributed by atoms with Gasteiger partial charge in [0.15, 0.2) is 4.80 Å². The van der Waals surface area contributed by atoms with E-state index in [1.165, 1.54) is 16.9 Å². The normalized spacial score (nSPS) is 11.8. The number of benzene rings is 2. The van der Waals surface area contributed by atoms with Crippen molar-refractivity contribution in [2.75, 3.05) is 14.2 Å². The molecule has 26 heavy (non-hydrogen) atoms. The molecule has 0 spiro atoms. The fraction of sp³-hybridized carbons (Fsp3) is 0.300.